The fourth-order valence-electron chi connectivity index (χ4n) is 2.61. The van der Waals surface area contributed by atoms with Crippen molar-refractivity contribution in [2.45, 2.75) is 39.4 Å². The minimum absolute atomic E-state index is 0.117. The zero-order valence-corrected chi connectivity index (χ0v) is 14.2. The van der Waals surface area contributed by atoms with Gasteiger partial charge in [-0.3, -0.25) is 4.79 Å². The molecule has 1 aliphatic heterocycles. The van der Waals surface area contributed by atoms with Crippen molar-refractivity contribution in [2.75, 3.05) is 6.61 Å². The van der Waals surface area contributed by atoms with Gasteiger partial charge in [0, 0.05) is 32.9 Å². The molecule has 2 heterocycles. The van der Waals surface area contributed by atoms with Crippen LogP contribution in [0.25, 0.3) is 11.0 Å². The fraction of sp³-hybridized carbons (Fsp3) is 0.412. The first-order chi connectivity index (χ1) is 11.7. The van der Waals surface area contributed by atoms with Gasteiger partial charge in [-0.1, -0.05) is 0 Å². The Bertz CT molecular complexity index is 862. The van der Waals surface area contributed by atoms with E-state index in [2.05, 4.69) is 9.97 Å². The molecule has 0 fully saturated rings. The second-order valence-corrected chi connectivity index (χ2v) is 6.16. The number of hydrogen-bond acceptors (Lipinski definition) is 7. The van der Waals surface area contributed by atoms with Crippen LogP contribution in [-0.2, 0) is 16.0 Å². The molecular weight excluding hydrogens is 328 g/mol. The number of carbonyl (C=O) groups is 2. The zero-order valence-electron chi connectivity index (χ0n) is 14.2. The summed E-state index contributed by atoms with van der Waals surface area (Å²) in [5.41, 5.74) is 1.16. The number of hydrogen-bond donors (Lipinski definition) is 1. The third-order valence-electron chi connectivity index (χ3n) is 3.58. The molecule has 0 atom stereocenters. The van der Waals surface area contributed by atoms with Crippen molar-refractivity contribution in [3.63, 3.8) is 0 Å². The smallest absolute Gasteiger partial charge is 0.356 e. The van der Waals surface area contributed by atoms with Gasteiger partial charge in [0.25, 0.3) is 0 Å². The van der Waals surface area contributed by atoms with Gasteiger partial charge >= 0.3 is 11.9 Å². The van der Waals surface area contributed by atoms with Crippen LogP contribution < -0.4 is 9.47 Å². The number of benzene rings is 1. The molecule has 1 aliphatic rings. The lowest BCUT2D eigenvalue weighted by molar-refractivity contribution is -0.141. The highest BCUT2D eigenvalue weighted by Crippen LogP contribution is 2.41. The number of esters is 1. The molecule has 1 N–H and O–H groups in total. The number of fused-ring (bicyclic) bond motifs is 2. The number of aromatic nitrogens is 2. The van der Waals surface area contributed by atoms with Crippen LogP contribution in [0.15, 0.2) is 12.1 Å². The summed E-state index contributed by atoms with van der Waals surface area (Å²) in [5.74, 6) is -1.28. The molecule has 0 saturated carbocycles. The van der Waals surface area contributed by atoms with Crippen molar-refractivity contribution in [1.29, 1.82) is 0 Å². The lowest BCUT2D eigenvalue weighted by Gasteiger charge is -2.16. The summed E-state index contributed by atoms with van der Waals surface area (Å²) in [6.07, 6.45) is 0.787. The minimum Gasteiger partial charge on any atom is -0.476 e. The molecule has 0 amide bonds. The summed E-state index contributed by atoms with van der Waals surface area (Å²) in [4.78, 5) is 30.9. The number of ether oxygens (including phenoxy) is 3. The van der Waals surface area contributed by atoms with E-state index in [0.29, 0.717) is 41.1 Å². The van der Waals surface area contributed by atoms with E-state index < -0.39 is 11.8 Å². The Labute approximate surface area is 143 Å². The third-order valence-corrected chi connectivity index (χ3v) is 3.58. The molecule has 2 aromatic rings. The summed E-state index contributed by atoms with van der Waals surface area (Å²) >= 11 is 0. The first kappa shape index (κ1) is 16.9. The Morgan fingerprint density at radius 3 is 2.32 bits per heavy atom. The molecule has 8 nitrogen and oxygen atoms in total. The van der Waals surface area contributed by atoms with Crippen LogP contribution in [0.5, 0.6) is 11.5 Å². The maximum atomic E-state index is 11.5. The molecule has 8 heteroatoms. The fourth-order valence-corrected chi connectivity index (χ4v) is 2.61. The second-order valence-electron chi connectivity index (χ2n) is 6.16. The monoisotopic (exact) mass is 346 g/mol. The van der Waals surface area contributed by atoms with Gasteiger partial charge in [-0.15, -0.1) is 0 Å². The number of aryl methyl sites for hydroxylation is 1. The molecule has 0 radical (unpaired) electrons. The van der Waals surface area contributed by atoms with Gasteiger partial charge in [0.1, 0.15) is 0 Å². The number of carboxylic acids is 1. The highest BCUT2D eigenvalue weighted by atomic mass is 16.7. The van der Waals surface area contributed by atoms with Gasteiger partial charge < -0.3 is 19.3 Å². The Balaban J connectivity index is 1.94. The SMILES string of the molecule is CC(=O)OCCCc1nc2cc3c(cc2nc1C(=O)O)OC(C)(C)O3. The number of rotatable bonds is 5. The van der Waals surface area contributed by atoms with Crippen LogP contribution in [0, 0.1) is 0 Å². The van der Waals surface area contributed by atoms with Crippen LogP contribution in [-0.4, -0.2) is 39.4 Å². The van der Waals surface area contributed by atoms with E-state index in [4.69, 9.17) is 14.2 Å². The predicted octanol–water partition coefficient (Wildman–Crippen LogP) is 2.33. The minimum atomic E-state index is -1.16. The molecule has 25 heavy (non-hydrogen) atoms. The standard InChI is InChI=1S/C17H18N2O6/c1-9(20)23-6-4-5-10-15(16(21)22)19-12-8-14-13(7-11(12)18-10)24-17(2,3)25-14/h7-8H,4-6H2,1-3H3,(H,21,22). The number of carbonyl (C=O) groups excluding carboxylic acids is 1. The van der Waals surface area contributed by atoms with Crippen LogP contribution in [0.2, 0.25) is 0 Å². The lowest BCUT2D eigenvalue weighted by atomic mass is 10.1. The summed E-state index contributed by atoms with van der Waals surface area (Å²) in [7, 11) is 0. The van der Waals surface area contributed by atoms with E-state index in [9.17, 15) is 14.7 Å². The van der Waals surface area contributed by atoms with Gasteiger partial charge in [-0.05, 0) is 12.8 Å². The summed E-state index contributed by atoms with van der Waals surface area (Å²) in [5, 5.41) is 9.40. The first-order valence-corrected chi connectivity index (χ1v) is 7.84. The van der Waals surface area contributed by atoms with Crippen LogP contribution in [0.4, 0.5) is 0 Å². The van der Waals surface area contributed by atoms with Crippen LogP contribution in [0.1, 0.15) is 43.4 Å². The van der Waals surface area contributed by atoms with Crippen molar-refractivity contribution in [2.24, 2.45) is 0 Å². The van der Waals surface area contributed by atoms with Crippen molar-refractivity contribution < 1.29 is 28.9 Å². The largest absolute Gasteiger partial charge is 0.476 e. The van der Waals surface area contributed by atoms with Crippen molar-refractivity contribution in [3.8, 4) is 11.5 Å². The molecule has 0 unspecified atom stereocenters. The molecule has 0 spiro atoms. The van der Waals surface area contributed by atoms with Gasteiger partial charge in [0.05, 0.1) is 23.3 Å². The summed E-state index contributed by atoms with van der Waals surface area (Å²) < 4.78 is 16.2. The number of carboxylic acid groups (broad SMARTS) is 1. The molecule has 1 aromatic carbocycles. The molecule has 0 saturated heterocycles. The van der Waals surface area contributed by atoms with Gasteiger partial charge in [0.15, 0.2) is 17.2 Å². The van der Waals surface area contributed by atoms with Gasteiger partial charge in [-0.25, -0.2) is 14.8 Å². The molecule has 0 bridgehead atoms. The lowest BCUT2D eigenvalue weighted by Crippen LogP contribution is -2.29. The van der Waals surface area contributed by atoms with Gasteiger partial charge in [-0.2, -0.15) is 0 Å². The van der Waals surface area contributed by atoms with E-state index in [1.165, 1.54) is 6.92 Å². The van der Waals surface area contributed by atoms with E-state index >= 15 is 0 Å². The average molecular weight is 346 g/mol. The normalized spacial score (nSPS) is 14.5. The molecular formula is C17H18N2O6. The van der Waals surface area contributed by atoms with E-state index in [1.807, 2.05) is 0 Å². The second kappa shape index (κ2) is 6.19. The Kier molecular flexibility index (Phi) is 4.20. The molecule has 0 aliphatic carbocycles. The number of nitrogens with zero attached hydrogens (tertiary/aromatic N) is 2. The Hall–Kier alpha value is -2.90. The number of aromatic carboxylic acids is 1. The highest BCUT2D eigenvalue weighted by molar-refractivity contribution is 5.90. The van der Waals surface area contributed by atoms with E-state index in [0.717, 1.165) is 0 Å². The average Bonchev–Trinajstić information content (AvgIpc) is 2.80. The van der Waals surface area contributed by atoms with Crippen molar-refractivity contribution in [1.82, 2.24) is 9.97 Å². The summed E-state index contributed by atoms with van der Waals surface area (Å²) in [6, 6.07) is 3.31. The highest BCUT2D eigenvalue weighted by Gasteiger charge is 2.32. The Morgan fingerprint density at radius 1 is 1.16 bits per heavy atom. The van der Waals surface area contributed by atoms with Crippen molar-refractivity contribution in [3.05, 3.63) is 23.5 Å². The maximum Gasteiger partial charge on any atom is 0.356 e. The first-order valence-electron chi connectivity index (χ1n) is 7.84. The maximum absolute atomic E-state index is 11.5. The molecule has 3 rings (SSSR count). The zero-order chi connectivity index (χ0) is 18.2. The van der Waals surface area contributed by atoms with Crippen LogP contribution in [0.3, 0.4) is 0 Å². The predicted molar refractivity (Wildman–Crippen MR) is 86.8 cm³/mol. The van der Waals surface area contributed by atoms with Crippen molar-refractivity contribution >= 4 is 23.0 Å². The summed E-state index contributed by atoms with van der Waals surface area (Å²) in [6.45, 7) is 5.08. The topological polar surface area (TPSA) is 108 Å². The third kappa shape index (κ3) is 3.62. The van der Waals surface area contributed by atoms with Crippen LogP contribution >= 0.6 is 0 Å². The van der Waals surface area contributed by atoms with Gasteiger partial charge in [0.2, 0.25) is 5.79 Å². The van der Waals surface area contributed by atoms with E-state index in [1.54, 1.807) is 26.0 Å². The Morgan fingerprint density at radius 2 is 1.76 bits per heavy atom. The molecule has 132 valence electrons. The molecule has 1 aromatic heterocycles. The quantitative estimate of drug-likeness (QED) is 0.649. The van der Waals surface area contributed by atoms with E-state index in [-0.39, 0.29) is 18.3 Å².